The van der Waals surface area contributed by atoms with Gasteiger partial charge in [0.1, 0.15) is 23.4 Å². The standard InChI is InChI=1S/C16H20F2N2O3S2/c17-12-1-2-14(18)15(9-12)24-10-16(21)20-6-4-19(5-7-20)13-3-8-25(22,23)11-13/h1-2,9,13H,3-8,10-11H2/p+1/t13-/m1/s1. The molecule has 2 fully saturated rings. The summed E-state index contributed by atoms with van der Waals surface area (Å²) in [6.45, 7) is 2.59. The molecule has 0 radical (unpaired) electrons. The average Bonchev–Trinajstić information content (AvgIpc) is 2.95. The van der Waals surface area contributed by atoms with Gasteiger partial charge < -0.3 is 9.80 Å². The number of hydrogen-bond acceptors (Lipinski definition) is 4. The van der Waals surface area contributed by atoms with Gasteiger partial charge in [0, 0.05) is 11.3 Å². The molecule has 9 heteroatoms. The first-order valence-corrected chi connectivity index (χ1v) is 11.1. The van der Waals surface area contributed by atoms with E-state index in [-0.39, 0.29) is 34.1 Å². The minimum atomic E-state index is -2.89. The van der Waals surface area contributed by atoms with Crippen LogP contribution in [0.2, 0.25) is 0 Å². The van der Waals surface area contributed by atoms with E-state index in [0.717, 1.165) is 43.1 Å². The average molecular weight is 391 g/mol. The Hall–Kier alpha value is -1.19. The molecule has 138 valence electrons. The number of sulfone groups is 1. The first-order valence-electron chi connectivity index (χ1n) is 8.25. The van der Waals surface area contributed by atoms with Crippen LogP contribution in [0, 0.1) is 11.6 Å². The third-order valence-corrected chi connectivity index (χ3v) is 7.60. The molecule has 2 heterocycles. The maximum Gasteiger partial charge on any atom is 0.233 e. The number of piperazine rings is 1. The number of amides is 1. The van der Waals surface area contributed by atoms with E-state index in [2.05, 4.69) is 0 Å². The summed E-state index contributed by atoms with van der Waals surface area (Å²) >= 11 is 0.996. The fourth-order valence-electron chi connectivity index (χ4n) is 3.39. The zero-order valence-electron chi connectivity index (χ0n) is 13.7. The van der Waals surface area contributed by atoms with Gasteiger partial charge in [0.25, 0.3) is 0 Å². The Kier molecular flexibility index (Phi) is 5.65. The summed E-state index contributed by atoms with van der Waals surface area (Å²) in [6.07, 6.45) is 0.695. The fourth-order valence-corrected chi connectivity index (χ4v) is 6.08. The second kappa shape index (κ2) is 7.59. The van der Waals surface area contributed by atoms with Gasteiger partial charge in [-0.3, -0.25) is 4.79 Å². The number of rotatable bonds is 4. The smallest absolute Gasteiger partial charge is 0.233 e. The Morgan fingerprint density at radius 1 is 1.28 bits per heavy atom. The Morgan fingerprint density at radius 2 is 2.00 bits per heavy atom. The van der Waals surface area contributed by atoms with E-state index in [0.29, 0.717) is 19.5 Å². The molecule has 2 aliphatic rings. The number of nitrogens with zero attached hydrogens (tertiary/aromatic N) is 1. The minimum absolute atomic E-state index is 0.0630. The normalized spacial score (nSPS) is 23.8. The summed E-state index contributed by atoms with van der Waals surface area (Å²) in [5.41, 5.74) is 0. The minimum Gasteiger partial charge on any atom is -0.331 e. The number of carbonyl (C=O) groups is 1. The fraction of sp³-hybridized carbons (Fsp3) is 0.562. The lowest BCUT2D eigenvalue weighted by Crippen LogP contribution is -3.18. The van der Waals surface area contributed by atoms with Gasteiger partial charge in [-0.2, -0.15) is 0 Å². The highest BCUT2D eigenvalue weighted by molar-refractivity contribution is 8.00. The lowest BCUT2D eigenvalue weighted by molar-refractivity contribution is -0.925. The summed E-state index contributed by atoms with van der Waals surface area (Å²) in [7, 11) is -2.89. The third kappa shape index (κ3) is 4.71. The summed E-state index contributed by atoms with van der Waals surface area (Å²) in [4.78, 5) is 15.4. The molecule has 1 amide bonds. The van der Waals surface area contributed by atoms with Crippen molar-refractivity contribution in [3.8, 4) is 0 Å². The van der Waals surface area contributed by atoms with Crippen LogP contribution < -0.4 is 4.90 Å². The summed E-state index contributed by atoms with van der Waals surface area (Å²) in [5, 5.41) is 0. The second-order valence-corrected chi connectivity index (χ2v) is 9.75. The quantitative estimate of drug-likeness (QED) is 0.733. The van der Waals surface area contributed by atoms with E-state index in [9.17, 15) is 22.0 Å². The lowest BCUT2D eigenvalue weighted by Gasteiger charge is -2.35. The summed E-state index contributed by atoms with van der Waals surface area (Å²) < 4.78 is 49.9. The van der Waals surface area contributed by atoms with Gasteiger partial charge >= 0.3 is 0 Å². The molecule has 0 aromatic heterocycles. The number of hydrogen-bond donors (Lipinski definition) is 1. The molecule has 0 saturated carbocycles. The van der Waals surface area contributed by atoms with E-state index in [1.54, 1.807) is 4.90 Å². The van der Waals surface area contributed by atoms with Gasteiger partial charge in [-0.1, -0.05) is 0 Å². The molecule has 1 atom stereocenters. The first-order chi connectivity index (χ1) is 11.8. The zero-order chi connectivity index (χ0) is 18.0. The molecule has 5 nitrogen and oxygen atoms in total. The van der Waals surface area contributed by atoms with Crippen LogP contribution in [0.5, 0.6) is 0 Å². The Balaban J connectivity index is 1.48. The van der Waals surface area contributed by atoms with E-state index >= 15 is 0 Å². The van der Waals surface area contributed by atoms with Crippen LogP contribution in [-0.2, 0) is 14.6 Å². The second-order valence-electron chi connectivity index (χ2n) is 6.50. The van der Waals surface area contributed by atoms with Gasteiger partial charge in [-0.25, -0.2) is 17.2 Å². The molecule has 0 spiro atoms. The van der Waals surface area contributed by atoms with E-state index in [4.69, 9.17) is 0 Å². The molecule has 1 aromatic carbocycles. The van der Waals surface area contributed by atoms with Gasteiger partial charge in [0.2, 0.25) is 5.91 Å². The van der Waals surface area contributed by atoms with Gasteiger partial charge in [0.05, 0.1) is 37.7 Å². The molecule has 2 saturated heterocycles. The van der Waals surface area contributed by atoms with E-state index in [1.165, 1.54) is 4.90 Å². The predicted octanol–water partition coefficient (Wildman–Crippen LogP) is -0.0289. The van der Waals surface area contributed by atoms with E-state index < -0.39 is 21.5 Å². The molecule has 25 heavy (non-hydrogen) atoms. The van der Waals surface area contributed by atoms with Crippen molar-refractivity contribution in [1.29, 1.82) is 0 Å². The number of benzene rings is 1. The molecule has 0 aliphatic carbocycles. The molecule has 1 N–H and O–H groups in total. The number of carbonyl (C=O) groups excluding carboxylic acids is 1. The molecular weight excluding hydrogens is 370 g/mol. The lowest BCUT2D eigenvalue weighted by atomic mass is 10.2. The van der Waals surface area contributed by atoms with E-state index in [1.807, 2.05) is 0 Å². The maximum absolute atomic E-state index is 13.6. The number of thioether (sulfide) groups is 1. The van der Waals surface area contributed by atoms with Crippen LogP contribution >= 0.6 is 11.8 Å². The molecule has 0 unspecified atom stereocenters. The number of halogens is 2. The highest BCUT2D eigenvalue weighted by Crippen LogP contribution is 2.23. The topological polar surface area (TPSA) is 58.9 Å². The van der Waals surface area contributed by atoms with Crippen LogP contribution in [0.15, 0.2) is 23.1 Å². The Bertz CT molecular complexity index is 750. The highest BCUT2D eigenvalue weighted by Gasteiger charge is 2.37. The summed E-state index contributed by atoms with van der Waals surface area (Å²) in [6, 6.07) is 3.33. The largest absolute Gasteiger partial charge is 0.331 e. The molecule has 2 aliphatic heterocycles. The maximum atomic E-state index is 13.6. The van der Waals surface area contributed by atoms with Crippen LogP contribution in [0.1, 0.15) is 6.42 Å². The molecule has 1 aromatic rings. The van der Waals surface area contributed by atoms with Crippen molar-refractivity contribution < 1.29 is 26.9 Å². The van der Waals surface area contributed by atoms with Crippen molar-refractivity contribution in [2.45, 2.75) is 17.4 Å². The van der Waals surface area contributed by atoms with Crippen molar-refractivity contribution in [2.24, 2.45) is 0 Å². The Labute approximate surface area is 150 Å². The van der Waals surface area contributed by atoms with Crippen LogP contribution in [0.25, 0.3) is 0 Å². The first kappa shape index (κ1) is 18.6. The van der Waals surface area contributed by atoms with Crippen molar-refractivity contribution in [2.75, 3.05) is 43.4 Å². The number of nitrogens with one attached hydrogen (secondary N) is 1. The highest BCUT2D eigenvalue weighted by atomic mass is 32.2. The van der Waals surface area contributed by atoms with Crippen LogP contribution in [-0.4, -0.2) is 68.7 Å². The summed E-state index contributed by atoms with van der Waals surface area (Å²) in [5.74, 6) is -0.597. The number of quaternary nitrogens is 1. The predicted molar refractivity (Wildman–Crippen MR) is 91.4 cm³/mol. The third-order valence-electron chi connectivity index (χ3n) is 4.81. The van der Waals surface area contributed by atoms with Gasteiger partial charge in [-0.05, 0) is 18.2 Å². The van der Waals surface area contributed by atoms with Gasteiger partial charge in [-0.15, -0.1) is 11.8 Å². The molecule has 0 bridgehead atoms. The molecular formula is C16H21F2N2O3S2+. The van der Waals surface area contributed by atoms with Crippen molar-refractivity contribution >= 4 is 27.5 Å². The zero-order valence-corrected chi connectivity index (χ0v) is 15.3. The van der Waals surface area contributed by atoms with Gasteiger partial charge in [0.15, 0.2) is 9.84 Å². The van der Waals surface area contributed by atoms with Crippen molar-refractivity contribution in [3.05, 3.63) is 29.8 Å². The van der Waals surface area contributed by atoms with Crippen LogP contribution in [0.3, 0.4) is 0 Å². The van der Waals surface area contributed by atoms with Crippen molar-refractivity contribution in [3.63, 3.8) is 0 Å². The monoisotopic (exact) mass is 391 g/mol. The van der Waals surface area contributed by atoms with Crippen molar-refractivity contribution in [1.82, 2.24) is 4.90 Å². The van der Waals surface area contributed by atoms with Crippen LogP contribution in [0.4, 0.5) is 8.78 Å². The SMILES string of the molecule is O=C(CSc1cc(F)ccc1F)N1CC[NH+]([C@@H]2CCS(=O)(=O)C2)CC1. The Morgan fingerprint density at radius 3 is 2.64 bits per heavy atom. The molecule has 3 rings (SSSR count).